The number of hydrogen-bond donors (Lipinski definition) is 0. The van der Waals surface area contributed by atoms with Crippen molar-refractivity contribution < 1.29 is 18.7 Å². The molecule has 2 amide bonds. The third-order valence-electron chi connectivity index (χ3n) is 2.93. The molecule has 1 aliphatic heterocycles. The summed E-state index contributed by atoms with van der Waals surface area (Å²) in [7, 11) is -2.79. The largest absolute Gasteiger partial charge is 0.326 e. The molecule has 0 spiro atoms. The average molecular weight is 293 g/mol. The first kappa shape index (κ1) is 14.7. The van der Waals surface area contributed by atoms with Crippen LogP contribution in [0.4, 0.5) is 0 Å². The maximum absolute atomic E-state index is 12.1. The Labute approximate surface area is 117 Å². The highest BCUT2D eigenvalue weighted by molar-refractivity contribution is 7.61. The number of imide groups is 1. The van der Waals surface area contributed by atoms with E-state index in [0.717, 1.165) is 4.90 Å². The standard InChI is InChI=1S/C14H16NO4P/c1-3-19-20(2,18)10-6-9-15-13(16)11-7-4-5-8-12(11)14(15)17/h4-8,10H,3,9H2,1-2H3/b10-6-. The van der Waals surface area contributed by atoms with Gasteiger partial charge in [-0.05, 0) is 24.9 Å². The van der Waals surface area contributed by atoms with Crippen LogP contribution in [0, 0.1) is 0 Å². The van der Waals surface area contributed by atoms with Gasteiger partial charge in [0.2, 0.25) is 7.37 Å². The zero-order valence-corrected chi connectivity index (χ0v) is 12.3. The Balaban J connectivity index is 2.10. The highest BCUT2D eigenvalue weighted by Gasteiger charge is 2.34. The molecular weight excluding hydrogens is 277 g/mol. The molecule has 106 valence electrons. The molecule has 6 heteroatoms. The molecule has 1 atom stereocenters. The molecule has 2 rings (SSSR count). The van der Waals surface area contributed by atoms with Crippen LogP contribution in [-0.4, -0.2) is 36.5 Å². The van der Waals surface area contributed by atoms with Gasteiger partial charge in [0, 0.05) is 13.2 Å². The van der Waals surface area contributed by atoms with Crippen LogP contribution in [0.1, 0.15) is 27.6 Å². The van der Waals surface area contributed by atoms with Gasteiger partial charge in [-0.3, -0.25) is 19.1 Å². The first-order valence-electron chi connectivity index (χ1n) is 6.31. The third kappa shape index (κ3) is 2.89. The summed E-state index contributed by atoms with van der Waals surface area (Å²) in [5.74, 6) is 0.787. The number of benzene rings is 1. The predicted octanol–water partition coefficient (Wildman–Crippen LogP) is 2.74. The minimum Gasteiger partial charge on any atom is -0.326 e. The molecule has 0 saturated heterocycles. The van der Waals surface area contributed by atoms with E-state index in [2.05, 4.69) is 0 Å². The molecule has 0 aromatic heterocycles. The lowest BCUT2D eigenvalue weighted by molar-refractivity contribution is 0.0672. The van der Waals surface area contributed by atoms with E-state index in [1.165, 1.54) is 18.6 Å². The lowest BCUT2D eigenvalue weighted by atomic mass is 10.1. The minimum atomic E-state index is -2.79. The van der Waals surface area contributed by atoms with Crippen molar-refractivity contribution >= 4 is 19.2 Å². The number of fused-ring (bicyclic) bond motifs is 1. The lowest BCUT2D eigenvalue weighted by Crippen LogP contribution is -2.29. The van der Waals surface area contributed by atoms with Gasteiger partial charge in [-0.1, -0.05) is 18.2 Å². The summed E-state index contributed by atoms with van der Waals surface area (Å²) in [5, 5.41) is 0. The van der Waals surface area contributed by atoms with Gasteiger partial charge in [0.05, 0.1) is 17.7 Å². The number of carbonyl (C=O) groups is 2. The molecule has 0 fully saturated rings. The summed E-state index contributed by atoms with van der Waals surface area (Å²) in [6.07, 6.45) is 1.54. The number of carbonyl (C=O) groups excluding carboxylic acids is 2. The molecule has 1 aromatic rings. The van der Waals surface area contributed by atoms with E-state index in [-0.39, 0.29) is 18.4 Å². The minimum absolute atomic E-state index is 0.0945. The smallest absolute Gasteiger partial charge is 0.261 e. The van der Waals surface area contributed by atoms with Crippen LogP contribution < -0.4 is 0 Å². The number of rotatable bonds is 5. The summed E-state index contributed by atoms with van der Waals surface area (Å²) in [4.78, 5) is 25.3. The van der Waals surface area contributed by atoms with Crippen LogP contribution in [-0.2, 0) is 9.09 Å². The quantitative estimate of drug-likeness (QED) is 0.618. The van der Waals surface area contributed by atoms with Gasteiger partial charge in [-0.25, -0.2) is 0 Å². The highest BCUT2D eigenvalue weighted by atomic mass is 31.2. The molecule has 0 bridgehead atoms. The molecule has 20 heavy (non-hydrogen) atoms. The van der Waals surface area contributed by atoms with Crippen molar-refractivity contribution in [1.29, 1.82) is 0 Å². The SMILES string of the molecule is CCOP(C)(=O)/C=C\CN1C(=O)c2ccccc2C1=O. The Bertz CT molecular complexity index is 588. The van der Waals surface area contributed by atoms with Gasteiger partial charge in [0.25, 0.3) is 11.8 Å². The van der Waals surface area contributed by atoms with Crippen molar-refractivity contribution in [2.75, 3.05) is 19.8 Å². The number of nitrogens with zero attached hydrogens (tertiary/aromatic N) is 1. The Morgan fingerprint density at radius 1 is 1.20 bits per heavy atom. The maximum Gasteiger partial charge on any atom is 0.261 e. The monoisotopic (exact) mass is 293 g/mol. The van der Waals surface area contributed by atoms with E-state index in [1.807, 2.05) is 0 Å². The summed E-state index contributed by atoms with van der Waals surface area (Å²) >= 11 is 0. The molecule has 5 nitrogen and oxygen atoms in total. The Kier molecular flexibility index (Phi) is 4.21. The van der Waals surface area contributed by atoms with Crippen LogP contribution in [0.15, 0.2) is 36.2 Å². The Morgan fingerprint density at radius 3 is 2.25 bits per heavy atom. The van der Waals surface area contributed by atoms with E-state index in [4.69, 9.17) is 4.52 Å². The fourth-order valence-electron chi connectivity index (χ4n) is 2.05. The fraction of sp³-hybridized carbons (Fsp3) is 0.286. The third-order valence-corrected chi connectivity index (χ3v) is 4.45. The van der Waals surface area contributed by atoms with Crippen molar-refractivity contribution in [2.45, 2.75) is 6.92 Å². The zero-order valence-electron chi connectivity index (χ0n) is 11.4. The fourth-order valence-corrected chi connectivity index (χ4v) is 3.12. The van der Waals surface area contributed by atoms with Gasteiger partial charge in [0.1, 0.15) is 0 Å². The topological polar surface area (TPSA) is 63.7 Å². The molecule has 1 unspecified atom stereocenters. The highest BCUT2D eigenvalue weighted by Crippen LogP contribution is 2.43. The second-order valence-electron chi connectivity index (χ2n) is 4.48. The molecule has 0 saturated carbocycles. The van der Waals surface area contributed by atoms with Crippen molar-refractivity contribution in [3.63, 3.8) is 0 Å². The number of hydrogen-bond acceptors (Lipinski definition) is 4. The van der Waals surface area contributed by atoms with Crippen molar-refractivity contribution in [3.8, 4) is 0 Å². The van der Waals surface area contributed by atoms with Crippen LogP contribution in [0.3, 0.4) is 0 Å². The molecule has 0 radical (unpaired) electrons. The molecule has 1 heterocycles. The van der Waals surface area contributed by atoms with Gasteiger partial charge in [0.15, 0.2) is 0 Å². The summed E-state index contributed by atoms with van der Waals surface area (Å²) < 4.78 is 17.0. The van der Waals surface area contributed by atoms with E-state index in [1.54, 1.807) is 31.2 Å². The molecule has 1 aliphatic rings. The zero-order chi connectivity index (χ0) is 14.8. The summed E-state index contributed by atoms with van der Waals surface area (Å²) in [6, 6.07) is 6.70. The van der Waals surface area contributed by atoms with E-state index in [0.29, 0.717) is 17.7 Å². The van der Waals surface area contributed by atoms with Crippen molar-refractivity contribution in [3.05, 3.63) is 47.3 Å². The van der Waals surface area contributed by atoms with E-state index < -0.39 is 7.37 Å². The van der Waals surface area contributed by atoms with Crippen molar-refractivity contribution in [1.82, 2.24) is 4.90 Å². The number of amides is 2. The summed E-state index contributed by atoms with van der Waals surface area (Å²) in [5.41, 5.74) is 0.825. The second kappa shape index (κ2) is 5.73. The predicted molar refractivity (Wildman–Crippen MR) is 76.1 cm³/mol. The Morgan fingerprint density at radius 2 is 1.75 bits per heavy atom. The van der Waals surface area contributed by atoms with E-state index in [9.17, 15) is 14.2 Å². The second-order valence-corrected chi connectivity index (χ2v) is 6.85. The average Bonchev–Trinajstić information content (AvgIpc) is 2.64. The van der Waals surface area contributed by atoms with Crippen LogP contribution >= 0.6 is 7.37 Å². The molecule has 1 aromatic carbocycles. The van der Waals surface area contributed by atoms with Gasteiger partial charge in [-0.2, -0.15) is 0 Å². The lowest BCUT2D eigenvalue weighted by Gasteiger charge is -2.11. The molecule has 0 N–H and O–H groups in total. The Hall–Kier alpha value is -1.71. The molecular formula is C14H16NO4P. The van der Waals surface area contributed by atoms with Crippen molar-refractivity contribution in [2.24, 2.45) is 0 Å². The maximum atomic E-state index is 12.1. The van der Waals surface area contributed by atoms with Gasteiger partial charge in [-0.15, -0.1) is 0 Å². The summed E-state index contributed by atoms with van der Waals surface area (Å²) in [6.45, 7) is 3.70. The van der Waals surface area contributed by atoms with Crippen LogP contribution in [0.5, 0.6) is 0 Å². The first-order valence-corrected chi connectivity index (χ1v) is 8.45. The van der Waals surface area contributed by atoms with Crippen LogP contribution in [0.25, 0.3) is 0 Å². The van der Waals surface area contributed by atoms with Crippen LogP contribution in [0.2, 0.25) is 0 Å². The van der Waals surface area contributed by atoms with Gasteiger partial charge < -0.3 is 4.52 Å². The van der Waals surface area contributed by atoms with Gasteiger partial charge >= 0.3 is 0 Å². The first-order chi connectivity index (χ1) is 9.46. The normalized spacial score (nSPS) is 17.6. The molecule has 0 aliphatic carbocycles. The van der Waals surface area contributed by atoms with E-state index >= 15 is 0 Å².